The fourth-order valence-corrected chi connectivity index (χ4v) is 8.48. The molecule has 342 valence electrons. The third-order valence-electron chi connectivity index (χ3n) is 12.1. The van der Waals surface area contributed by atoms with Crippen LogP contribution in [0.3, 0.4) is 0 Å². The predicted molar refractivity (Wildman–Crippen MR) is 294 cm³/mol. The number of hydrogen-bond acceptors (Lipinski definition) is 0. The molecular formula is C62H72Cl2SiZr. The molecule has 0 unspecified atom stereocenters. The van der Waals surface area contributed by atoms with Crippen LogP contribution in [0.2, 0.25) is 13.1 Å². The van der Waals surface area contributed by atoms with E-state index in [1.165, 1.54) is 99.4 Å². The average Bonchev–Trinajstić information content (AvgIpc) is 3.83. The van der Waals surface area contributed by atoms with Gasteiger partial charge < -0.3 is 0 Å². The van der Waals surface area contributed by atoms with E-state index in [1.807, 2.05) is 0 Å². The second-order valence-corrected chi connectivity index (χ2v) is 26.7. The Morgan fingerprint density at radius 1 is 0.394 bits per heavy atom. The molecule has 8 rings (SSSR count). The SMILES string of the molecule is C[Si]C.Cc1cc2c(-c3cc(C(C)(C)C)cc(C(C)(C)C)c3)c(-c3ccccc3)ccc2[cH-]1.Cc1cc2c(-c3cc(C(C)(C)C)cc(C(C)(C)C)c3)c(-c3ccccc3)ccc2[cH-]1.[Cl][Zr+2][Cl]. The molecule has 8 aromatic carbocycles. The van der Waals surface area contributed by atoms with Gasteiger partial charge in [0.05, 0.1) is 0 Å². The normalized spacial score (nSPS) is 11.8. The fourth-order valence-electron chi connectivity index (χ4n) is 8.48. The summed E-state index contributed by atoms with van der Waals surface area (Å²) in [6.07, 6.45) is 0. The predicted octanol–water partition coefficient (Wildman–Crippen LogP) is 19.8. The van der Waals surface area contributed by atoms with Crippen molar-refractivity contribution in [3.63, 3.8) is 0 Å². The van der Waals surface area contributed by atoms with Gasteiger partial charge in [0.1, 0.15) is 0 Å². The van der Waals surface area contributed by atoms with E-state index in [-0.39, 0.29) is 21.7 Å². The molecule has 0 amide bonds. The second kappa shape index (κ2) is 22.1. The molecule has 8 aromatic rings. The van der Waals surface area contributed by atoms with E-state index in [0.717, 1.165) is 9.52 Å². The van der Waals surface area contributed by atoms with Crippen molar-refractivity contribution in [2.24, 2.45) is 0 Å². The van der Waals surface area contributed by atoms with Crippen LogP contribution in [-0.4, -0.2) is 9.52 Å². The number of aryl methyl sites for hydroxylation is 2. The standard InChI is InChI=1S/2C30H33.C2H6Si.2ClH.Zr/c2*1-20-15-22-13-14-26(21-11-9-8-10-12-21)28(27(22)16-20)23-17-24(29(2,3)4)19-25(18-23)30(5,6)7;1-3-2;;;/h2*8-19H,1-7H3;1-2H3;2*1H;/q2*-1;;;;+4/p-2. The van der Waals surface area contributed by atoms with E-state index in [4.69, 9.17) is 17.0 Å². The molecule has 0 N–H and O–H groups in total. The van der Waals surface area contributed by atoms with Crippen molar-refractivity contribution < 1.29 is 20.8 Å². The second-order valence-electron chi connectivity index (χ2n) is 21.9. The van der Waals surface area contributed by atoms with Gasteiger partial charge >= 0.3 is 37.9 Å². The van der Waals surface area contributed by atoms with Crippen LogP contribution in [0.1, 0.15) is 116 Å². The molecule has 0 aliphatic rings. The van der Waals surface area contributed by atoms with Crippen molar-refractivity contribution >= 4 is 48.1 Å². The summed E-state index contributed by atoms with van der Waals surface area (Å²) in [5, 5.41) is 5.33. The van der Waals surface area contributed by atoms with Crippen LogP contribution in [0, 0.1) is 13.8 Å². The molecule has 0 fully saturated rings. The van der Waals surface area contributed by atoms with Crippen molar-refractivity contribution in [3.05, 3.63) is 179 Å². The van der Waals surface area contributed by atoms with Crippen LogP contribution in [0.4, 0.5) is 0 Å². The van der Waals surface area contributed by atoms with Gasteiger partial charge in [-0.15, -0.1) is 56.9 Å². The van der Waals surface area contributed by atoms with Crippen molar-refractivity contribution in [1.82, 2.24) is 0 Å². The molecule has 2 radical (unpaired) electrons. The Morgan fingerprint density at radius 2 is 0.667 bits per heavy atom. The molecule has 0 spiro atoms. The monoisotopic (exact) mass is 1000 g/mol. The Labute approximate surface area is 420 Å². The molecule has 0 bridgehead atoms. The van der Waals surface area contributed by atoms with E-state index in [0.29, 0.717) is 0 Å². The maximum absolute atomic E-state index is 4.93. The molecule has 4 heteroatoms. The van der Waals surface area contributed by atoms with E-state index in [9.17, 15) is 0 Å². The number of rotatable bonds is 4. The Bertz CT molecular complexity index is 2570. The van der Waals surface area contributed by atoms with Crippen LogP contribution in [0.5, 0.6) is 0 Å². The van der Waals surface area contributed by atoms with Gasteiger partial charge in [-0.1, -0.05) is 230 Å². The topological polar surface area (TPSA) is 0 Å². The number of hydrogen-bond donors (Lipinski definition) is 0. The van der Waals surface area contributed by atoms with Gasteiger partial charge in [-0.05, 0) is 77.3 Å². The van der Waals surface area contributed by atoms with Crippen LogP contribution in [-0.2, 0) is 42.5 Å². The summed E-state index contributed by atoms with van der Waals surface area (Å²) in [7, 11) is 11.0. The van der Waals surface area contributed by atoms with Gasteiger partial charge in [0.25, 0.3) is 0 Å². The number of fused-ring (bicyclic) bond motifs is 2. The van der Waals surface area contributed by atoms with Crippen LogP contribution in [0.25, 0.3) is 66.1 Å². The summed E-state index contributed by atoms with van der Waals surface area (Å²) in [6, 6.07) is 54.5. The minimum absolute atomic E-state index is 0.0960. The van der Waals surface area contributed by atoms with Crippen molar-refractivity contribution in [2.45, 2.75) is 132 Å². The first-order valence-electron chi connectivity index (χ1n) is 23.3. The number of benzene rings is 6. The van der Waals surface area contributed by atoms with Gasteiger partial charge in [0.15, 0.2) is 0 Å². The quantitative estimate of drug-likeness (QED) is 0.122. The molecule has 0 aromatic heterocycles. The Balaban J connectivity index is 0.000000221. The molecule has 0 atom stereocenters. The number of halogens is 2. The zero-order valence-corrected chi connectivity index (χ0v) is 47.6. The molecule has 66 heavy (non-hydrogen) atoms. The van der Waals surface area contributed by atoms with Gasteiger partial charge in [0.2, 0.25) is 0 Å². The minimum atomic E-state index is -0.826. The molecule has 0 aliphatic carbocycles. The molecule has 0 saturated heterocycles. The van der Waals surface area contributed by atoms with Gasteiger partial charge in [-0.3, -0.25) is 0 Å². The van der Waals surface area contributed by atoms with Gasteiger partial charge in [0, 0.05) is 9.52 Å². The van der Waals surface area contributed by atoms with Gasteiger partial charge in [-0.25, -0.2) is 0 Å². The summed E-state index contributed by atoms with van der Waals surface area (Å²) in [4.78, 5) is 0. The molecule has 0 nitrogen and oxygen atoms in total. The van der Waals surface area contributed by atoms with E-state index >= 15 is 0 Å². The van der Waals surface area contributed by atoms with Crippen molar-refractivity contribution in [3.8, 4) is 44.5 Å². The Morgan fingerprint density at radius 3 is 0.924 bits per heavy atom. The molecular weight excluding hydrogens is 935 g/mol. The zero-order valence-electron chi connectivity index (χ0n) is 42.6. The summed E-state index contributed by atoms with van der Waals surface area (Å²) >= 11 is -0.826. The van der Waals surface area contributed by atoms with E-state index in [1.54, 1.807) is 0 Å². The molecule has 0 saturated carbocycles. The Kier molecular flexibility index (Phi) is 17.8. The van der Waals surface area contributed by atoms with Gasteiger partial charge in [-0.2, -0.15) is 12.1 Å². The van der Waals surface area contributed by atoms with Crippen LogP contribution >= 0.6 is 17.0 Å². The molecule has 0 aliphatic heterocycles. The summed E-state index contributed by atoms with van der Waals surface area (Å²) in [6.45, 7) is 36.4. The zero-order chi connectivity index (χ0) is 48.8. The summed E-state index contributed by atoms with van der Waals surface area (Å²) in [5.41, 5.74) is 19.1. The first kappa shape index (κ1) is 53.2. The van der Waals surface area contributed by atoms with Crippen molar-refractivity contribution in [1.29, 1.82) is 0 Å². The first-order chi connectivity index (χ1) is 30.9. The fraction of sp³-hybridized carbons (Fsp3) is 0.323. The first-order valence-corrected chi connectivity index (χ1v) is 31.6. The van der Waals surface area contributed by atoms with E-state index in [2.05, 4.69) is 256 Å². The van der Waals surface area contributed by atoms with Crippen molar-refractivity contribution in [2.75, 3.05) is 0 Å². The maximum atomic E-state index is 4.93. The Hall–Kier alpha value is -3.78. The summed E-state index contributed by atoms with van der Waals surface area (Å²) < 4.78 is 0. The molecule has 0 heterocycles. The average molecular weight is 1010 g/mol. The van der Waals surface area contributed by atoms with Crippen LogP contribution in [0.15, 0.2) is 146 Å². The van der Waals surface area contributed by atoms with E-state index < -0.39 is 20.8 Å². The summed E-state index contributed by atoms with van der Waals surface area (Å²) in [5.74, 6) is 0. The third kappa shape index (κ3) is 13.3. The third-order valence-corrected chi connectivity index (χ3v) is 12.1. The van der Waals surface area contributed by atoms with Crippen LogP contribution < -0.4 is 0 Å².